The number of nitrogens with one attached hydrogen (secondary N) is 1. The van der Waals surface area contributed by atoms with Crippen molar-refractivity contribution in [2.75, 3.05) is 20.1 Å². The molecule has 3 nitrogen and oxygen atoms in total. The molecule has 0 unspecified atom stereocenters. The molecule has 1 heterocycles. The molecule has 0 atom stereocenters. The first-order valence-electron chi connectivity index (χ1n) is 6.66. The smallest absolute Gasteiger partial charge is 0.107 e. The van der Waals surface area contributed by atoms with Gasteiger partial charge in [0.15, 0.2) is 0 Å². The lowest BCUT2D eigenvalue weighted by Gasteiger charge is -2.17. The minimum Gasteiger partial charge on any atom is -0.313 e. The molecule has 1 rings (SSSR count). The second-order valence-corrected chi connectivity index (χ2v) is 7.17. The van der Waals surface area contributed by atoms with Crippen LogP contribution in [-0.4, -0.2) is 36.1 Å². The van der Waals surface area contributed by atoms with Crippen LogP contribution in [0.5, 0.6) is 0 Å². The van der Waals surface area contributed by atoms with Gasteiger partial charge in [-0.2, -0.15) is 0 Å². The highest BCUT2D eigenvalue weighted by atomic mass is 32.1. The minimum absolute atomic E-state index is 0.159. The summed E-state index contributed by atoms with van der Waals surface area (Å²) >= 11 is 1.77. The van der Waals surface area contributed by atoms with E-state index in [1.807, 2.05) is 0 Å². The summed E-state index contributed by atoms with van der Waals surface area (Å²) in [6, 6.07) is 0.561. The summed E-state index contributed by atoms with van der Waals surface area (Å²) in [7, 11) is 2.15. The van der Waals surface area contributed by atoms with Gasteiger partial charge in [0.2, 0.25) is 0 Å². The Kier molecular flexibility index (Phi) is 5.76. The Morgan fingerprint density at radius 1 is 1.39 bits per heavy atom. The van der Waals surface area contributed by atoms with Crippen molar-refractivity contribution in [2.45, 2.75) is 52.6 Å². The summed E-state index contributed by atoms with van der Waals surface area (Å²) < 4.78 is 0. The second-order valence-electron chi connectivity index (χ2n) is 6.22. The summed E-state index contributed by atoms with van der Waals surface area (Å²) in [5.74, 6) is 0. The predicted molar refractivity (Wildman–Crippen MR) is 80.3 cm³/mol. The maximum absolute atomic E-state index is 4.72. The Labute approximate surface area is 116 Å². The Balaban J connectivity index is 2.40. The Bertz CT molecular complexity index is 352. The van der Waals surface area contributed by atoms with Gasteiger partial charge in [-0.25, -0.2) is 4.98 Å². The largest absolute Gasteiger partial charge is 0.313 e. The van der Waals surface area contributed by atoms with Crippen LogP contribution in [0.1, 0.15) is 45.3 Å². The lowest BCUT2D eigenvalue weighted by Crippen LogP contribution is -2.32. The van der Waals surface area contributed by atoms with E-state index in [1.165, 1.54) is 10.7 Å². The summed E-state index contributed by atoms with van der Waals surface area (Å²) in [4.78, 5) is 7.04. The number of rotatable bonds is 6. The third kappa shape index (κ3) is 5.46. The third-order valence-corrected chi connectivity index (χ3v) is 3.61. The molecule has 1 aromatic heterocycles. The first-order valence-corrected chi connectivity index (χ1v) is 7.54. The first kappa shape index (κ1) is 15.6. The quantitative estimate of drug-likeness (QED) is 0.861. The maximum atomic E-state index is 4.72. The molecule has 0 saturated heterocycles. The zero-order chi connectivity index (χ0) is 13.8. The van der Waals surface area contributed by atoms with Crippen LogP contribution in [0.4, 0.5) is 0 Å². The number of likely N-dealkylation sites (N-methyl/N-ethyl adjacent to an activating group) is 1. The van der Waals surface area contributed by atoms with Crippen LogP contribution in [0.2, 0.25) is 0 Å². The van der Waals surface area contributed by atoms with Gasteiger partial charge in [-0.1, -0.05) is 34.6 Å². The average Bonchev–Trinajstić information content (AvgIpc) is 2.64. The molecule has 0 amide bonds. The predicted octanol–water partition coefficient (Wildman–Crippen LogP) is 2.87. The molecule has 18 heavy (non-hydrogen) atoms. The number of hydrogen-bond donors (Lipinski definition) is 1. The van der Waals surface area contributed by atoms with Crippen molar-refractivity contribution in [2.24, 2.45) is 0 Å². The standard InChI is InChI=1S/C14H27N3S/c1-11(2)15-7-8-17(6)9-13-16-12(10-18-13)14(3,4)5/h10-11,15H,7-9H2,1-6H3. The monoisotopic (exact) mass is 269 g/mol. The zero-order valence-electron chi connectivity index (χ0n) is 12.6. The highest BCUT2D eigenvalue weighted by molar-refractivity contribution is 7.09. The highest BCUT2D eigenvalue weighted by Crippen LogP contribution is 2.24. The molecule has 0 bridgehead atoms. The van der Waals surface area contributed by atoms with Crippen LogP contribution < -0.4 is 5.32 Å². The van der Waals surface area contributed by atoms with Crippen LogP contribution in [0.25, 0.3) is 0 Å². The summed E-state index contributed by atoms with van der Waals surface area (Å²) in [5, 5.41) is 6.84. The van der Waals surface area contributed by atoms with Gasteiger partial charge in [0.25, 0.3) is 0 Å². The fourth-order valence-corrected chi connectivity index (χ4v) is 2.68. The maximum Gasteiger partial charge on any atom is 0.107 e. The minimum atomic E-state index is 0.159. The van der Waals surface area contributed by atoms with Gasteiger partial charge in [0, 0.05) is 29.9 Å². The van der Waals surface area contributed by atoms with Gasteiger partial charge in [-0.15, -0.1) is 11.3 Å². The summed E-state index contributed by atoms with van der Waals surface area (Å²) in [6.45, 7) is 14.0. The molecule has 0 fully saturated rings. The van der Waals surface area contributed by atoms with E-state index in [9.17, 15) is 0 Å². The molecule has 0 aromatic carbocycles. The second kappa shape index (κ2) is 6.64. The van der Waals surface area contributed by atoms with Gasteiger partial charge in [-0.3, -0.25) is 4.90 Å². The van der Waals surface area contributed by atoms with Gasteiger partial charge in [0.05, 0.1) is 12.2 Å². The SMILES string of the molecule is CC(C)NCCN(C)Cc1nc(C(C)(C)C)cs1. The fraction of sp³-hybridized carbons (Fsp3) is 0.786. The van der Waals surface area contributed by atoms with Crippen molar-refractivity contribution in [1.29, 1.82) is 0 Å². The van der Waals surface area contributed by atoms with Crippen LogP contribution >= 0.6 is 11.3 Å². The van der Waals surface area contributed by atoms with E-state index in [2.05, 4.69) is 57.3 Å². The van der Waals surface area contributed by atoms with Gasteiger partial charge in [-0.05, 0) is 7.05 Å². The van der Waals surface area contributed by atoms with Crippen LogP contribution in [-0.2, 0) is 12.0 Å². The van der Waals surface area contributed by atoms with E-state index >= 15 is 0 Å². The normalized spacial score (nSPS) is 12.7. The third-order valence-electron chi connectivity index (χ3n) is 2.77. The fourth-order valence-electron chi connectivity index (χ4n) is 1.58. The van der Waals surface area contributed by atoms with Gasteiger partial charge >= 0.3 is 0 Å². The highest BCUT2D eigenvalue weighted by Gasteiger charge is 2.17. The molecule has 0 aliphatic rings. The molecular formula is C14H27N3S. The van der Waals surface area contributed by atoms with E-state index < -0.39 is 0 Å². The van der Waals surface area contributed by atoms with Crippen LogP contribution in [0, 0.1) is 0 Å². The van der Waals surface area contributed by atoms with Crippen LogP contribution in [0.15, 0.2) is 5.38 Å². The molecule has 0 aliphatic heterocycles. The van der Waals surface area contributed by atoms with Crippen molar-refractivity contribution in [3.63, 3.8) is 0 Å². The van der Waals surface area contributed by atoms with Crippen molar-refractivity contribution >= 4 is 11.3 Å². The topological polar surface area (TPSA) is 28.2 Å². The lowest BCUT2D eigenvalue weighted by atomic mass is 9.93. The molecule has 0 spiro atoms. The molecule has 4 heteroatoms. The van der Waals surface area contributed by atoms with Crippen molar-refractivity contribution in [3.8, 4) is 0 Å². The Morgan fingerprint density at radius 2 is 2.06 bits per heavy atom. The van der Waals surface area contributed by atoms with Crippen LogP contribution in [0.3, 0.4) is 0 Å². The van der Waals surface area contributed by atoms with E-state index in [0.29, 0.717) is 6.04 Å². The molecule has 0 aliphatic carbocycles. The number of hydrogen-bond acceptors (Lipinski definition) is 4. The summed E-state index contributed by atoms with van der Waals surface area (Å²) in [6.07, 6.45) is 0. The van der Waals surface area contributed by atoms with Crippen molar-refractivity contribution in [1.82, 2.24) is 15.2 Å². The van der Waals surface area contributed by atoms with E-state index in [0.717, 1.165) is 19.6 Å². The van der Waals surface area contributed by atoms with Gasteiger partial charge in [0.1, 0.15) is 5.01 Å². The lowest BCUT2D eigenvalue weighted by molar-refractivity contribution is 0.319. The molecule has 1 N–H and O–H groups in total. The van der Waals surface area contributed by atoms with E-state index in [4.69, 9.17) is 4.98 Å². The molecular weight excluding hydrogens is 242 g/mol. The number of nitrogens with zero attached hydrogens (tertiary/aromatic N) is 2. The van der Waals surface area contributed by atoms with E-state index in [-0.39, 0.29) is 5.41 Å². The average molecular weight is 269 g/mol. The molecule has 0 radical (unpaired) electrons. The summed E-state index contributed by atoms with van der Waals surface area (Å²) in [5.41, 5.74) is 1.36. The number of thiazole rings is 1. The zero-order valence-corrected chi connectivity index (χ0v) is 13.4. The van der Waals surface area contributed by atoms with E-state index in [1.54, 1.807) is 11.3 Å². The first-order chi connectivity index (χ1) is 8.29. The Morgan fingerprint density at radius 3 is 2.56 bits per heavy atom. The Hall–Kier alpha value is -0.450. The molecule has 1 aromatic rings. The molecule has 104 valence electrons. The van der Waals surface area contributed by atoms with Gasteiger partial charge < -0.3 is 5.32 Å². The van der Waals surface area contributed by atoms with Crippen molar-refractivity contribution < 1.29 is 0 Å². The molecule has 0 saturated carbocycles. The van der Waals surface area contributed by atoms with Crippen molar-refractivity contribution in [3.05, 3.63) is 16.1 Å². The number of aromatic nitrogens is 1.